The molecule has 0 aliphatic rings. The highest BCUT2D eigenvalue weighted by molar-refractivity contribution is 5.64. The molecule has 1 aromatic heterocycles. The average molecular weight is 497 g/mol. The molecule has 0 saturated carbocycles. The van der Waals surface area contributed by atoms with Gasteiger partial charge in [-0.3, -0.25) is 0 Å². The van der Waals surface area contributed by atoms with Gasteiger partial charge in [-0.15, -0.1) is 0 Å². The van der Waals surface area contributed by atoms with Gasteiger partial charge in [0.05, 0.1) is 6.61 Å². The average Bonchev–Trinajstić information content (AvgIpc) is 2.92. The molecule has 0 unspecified atom stereocenters. The zero-order chi connectivity index (χ0) is 25.6. The molecule has 0 N–H and O–H groups in total. The SMILES string of the molecule is CCCCCCCCOc1ccc(-c2cnc(-c3ccc(OC[C@@H](F)[C@H](F)CCC)cc3)nc2)cc1. The molecule has 1 heterocycles. The third-order valence-electron chi connectivity index (χ3n) is 6.08. The summed E-state index contributed by atoms with van der Waals surface area (Å²) in [4.78, 5) is 8.99. The highest BCUT2D eigenvalue weighted by Crippen LogP contribution is 2.24. The lowest BCUT2D eigenvalue weighted by molar-refractivity contribution is 0.103. The molecule has 194 valence electrons. The van der Waals surface area contributed by atoms with E-state index in [4.69, 9.17) is 9.47 Å². The number of nitrogens with zero attached hydrogens (tertiary/aromatic N) is 2. The maximum absolute atomic E-state index is 13.8. The molecule has 0 saturated heterocycles. The second kappa shape index (κ2) is 15.2. The Hall–Kier alpha value is -3.02. The molecule has 3 rings (SSSR count). The molecule has 6 heteroatoms. The number of aromatic nitrogens is 2. The van der Waals surface area contributed by atoms with Crippen LogP contribution >= 0.6 is 0 Å². The first-order valence-corrected chi connectivity index (χ1v) is 13.2. The van der Waals surface area contributed by atoms with Crippen molar-refractivity contribution < 1.29 is 18.3 Å². The molecule has 2 aromatic carbocycles. The summed E-state index contributed by atoms with van der Waals surface area (Å²) in [6.45, 7) is 4.51. The third kappa shape index (κ3) is 8.89. The first kappa shape index (κ1) is 27.6. The van der Waals surface area contributed by atoms with Crippen molar-refractivity contribution >= 4 is 0 Å². The molecule has 0 aliphatic heterocycles. The van der Waals surface area contributed by atoms with E-state index in [-0.39, 0.29) is 13.0 Å². The molecule has 4 nitrogen and oxygen atoms in total. The third-order valence-corrected chi connectivity index (χ3v) is 6.08. The van der Waals surface area contributed by atoms with Gasteiger partial charge in [0, 0.05) is 23.5 Å². The van der Waals surface area contributed by atoms with E-state index in [1.54, 1.807) is 24.5 Å². The highest BCUT2D eigenvalue weighted by Gasteiger charge is 2.20. The van der Waals surface area contributed by atoms with Crippen LogP contribution in [0.2, 0.25) is 0 Å². The number of alkyl halides is 2. The van der Waals surface area contributed by atoms with Crippen LogP contribution in [0.1, 0.15) is 65.2 Å². The van der Waals surface area contributed by atoms with Crippen molar-refractivity contribution in [2.24, 2.45) is 0 Å². The predicted octanol–water partition coefficient (Wildman–Crippen LogP) is 8.41. The maximum Gasteiger partial charge on any atom is 0.165 e. The Labute approximate surface area is 214 Å². The van der Waals surface area contributed by atoms with Gasteiger partial charge < -0.3 is 9.47 Å². The minimum atomic E-state index is -1.62. The van der Waals surface area contributed by atoms with Gasteiger partial charge in [-0.1, -0.05) is 64.5 Å². The van der Waals surface area contributed by atoms with E-state index in [0.29, 0.717) is 18.0 Å². The van der Waals surface area contributed by atoms with Crippen LogP contribution in [0.5, 0.6) is 11.5 Å². The van der Waals surface area contributed by atoms with Gasteiger partial charge in [-0.25, -0.2) is 18.7 Å². The molecule has 0 amide bonds. The van der Waals surface area contributed by atoms with Gasteiger partial charge in [0.15, 0.2) is 12.0 Å². The number of halogens is 2. The van der Waals surface area contributed by atoms with Gasteiger partial charge in [-0.05, 0) is 54.8 Å². The van der Waals surface area contributed by atoms with E-state index in [0.717, 1.165) is 35.5 Å². The summed E-state index contributed by atoms with van der Waals surface area (Å²) in [5, 5.41) is 0. The summed E-state index contributed by atoms with van der Waals surface area (Å²) in [6, 6.07) is 15.1. The van der Waals surface area contributed by atoms with E-state index in [1.807, 2.05) is 43.3 Å². The van der Waals surface area contributed by atoms with Crippen molar-refractivity contribution in [3.05, 3.63) is 60.9 Å². The Bertz CT molecular complexity index is 995. The lowest BCUT2D eigenvalue weighted by Gasteiger charge is -2.14. The lowest BCUT2D eigenvalue weighted by atomic mass is 10.1. The normalized spacial score (nSPS) is 12.8. The Kier molecular flexibility index (Phi) is 11.6. The van der Waals surface area contributed by atoms with Gasteiger partial charge in [0.25, 0.3) is 0 Å². The van der Waals surface area contributed by atoms with Gasteiger partial charge in [0.1, 0.15) is 24.3 Å². The molecule has 2 atom stereocenters. The molecule has 36 heavy (non-hydrogen) atoms. The van der Waals surface area contributed by atoms with E-state index < -0.39 is 12.3 Å². The van der Waals surface area contributed by atoms with E-state index in [2.05, 4.69) is 16.9 Å². The van der Waals surface area contributed by atoms with Crippen LogP contribution in [0.25, 0.3) is 22.5 Å². The lowest BCUT2D eigenvalue weighted by Crippen LogP contribution is -2.24. The van der Waals surface area contributed by atoms with Crippen LogP contribution in [0, 0.1) is 0 Å². The van der Waals surface area contributed by atoms with E-state index in [1.165, 1.54) is 32.1 Å². The molecule has 0 radical (unpaired) electrons. The molecular formula is C30H38F2N2O2. The first-order valence-electron chi connectivity index (χ1n) is 13.2. The van der Waals surface area contributed by atoms with E-state index >= 15 is 0 Å². The number of rotatable bonds is 16. The topological polar surface area (TPSA) is 44.2 Å². The van der Waals surface area contributed by atoms with Crippen LogP contribution in [0.3, 0.4) is 0 Å². The predicted molar refractivity (Wildman–Crippen MR) is 142 cm³/mol. The first-order chi connectivity index (χ1) is 17.6. The van der Waals surface area contributed by atoms with Crippen molar-refractivity contribution in [2.75, 3.05) is 13.2 Å². The number of ether oxygens (including phenoxy) is 2. The number of hydrogen-bond donors (Lipinski definition) is 0. The minimum Gasteiger partial charge on any atom is -0.494 e. The van der Waals surface area contributed by atoms with Gasteiger partial charge in [0.2, 0.25) is 0 Å². The second-order valence-corrected chi connectivity index (χ2v) is 9.09. The Morgan fingerprint density at radius 1 is 0.639 bits per heavy atom. The standard InChI is InChI=1S/C30H38F2N2O2/c1-3-5-6-7-8-9-19-35-26-15-11-23(12-16-26)25-20-33-30(34-21-25)24-13-17-27(18-14-24)36-22-29(32)28(31)10-4-2/h11-18,20-21,28-29H,3-10,19,22H2,1-2H3/t28-,29-/m1/s1. The van der Waals surface area contributed by atoms with Crippen LogP contribution in [0.15, 0.2) is 60.9 Å². The molecular weight excluding hydrogens is 458 g/mol. The molecule has 0 fully saturated rings. The van der Waals surface area contributed by atoms with Crippen LogP contribution in [-0.2, 0) is 0 Å². The zero-order valence-corrected chi connectivity index (χ0v) is 21.5. The fourth-order valence-electron chi connectivity index (χ4n) is 3.88. The van der Waals surface area contributed by atoms with E-state index in [9.17, 15) is 8.78 Å². The Balaban J connectivity index is 1.47. The minimum absolute atomic E-state index is 0.202. The Morgan fingerprint density at radius 3 is 1.86 bits per heavy atom. The quantitative estimate of drug-likeness (QED) is 0.187. The second-order valence-electron chi connectivity index (χ2n) is 9.09. The molecule has 0 bridgehead atoms. The summed E-state index contributed by atoms with van der Waals surface area (Å²) < 4.78 is 38.7. The Morgan fingerprint density at radius 2 is 1.22 bits per heavy atom. The highest BCUT2D eigenvalue weighted by atomic mass is 19.2. The van der Waals surface area contributed by atoms with Crippen LogP contribution in [-0.4, -0.2) is 35.5 Å². The van der Waals surface area contributed by atoms with Crippen molar-refractivity contribution in [3.63, 3.8) is 0 Å². The molecule has 0 aliphatic carbocycles. The largest absolute Gasteiger partial charge is 0.494 e. The number of benzene rings is 2. The maximum atomic E-state index is 13.8. The van der Waals surface area contributed by atoms with Crippen LogP contribution < -0.4 is 9.47 Å². The summed E-state index contributed by atoms with van der Waals surface area (Å²) in [5.74, 6) is 1.94. The number of hydrogen-bond acceptors (Lipinski definition) is 4. The fraction of sp³-hybridized carbons (Fsp3) is 0.467. The monoisotopic (exact) mass is 496 g/mol. The van der Waals surface area contributed by atoms with Crippen LogP contribution in [0.4, 0.5) is 8.78 Å². The van der Waals surface area contributed by atoms with Crippen molar-refractivity contribution in [2.45, 2.75) is 77.6 Å². The van der Waals surface area contributed by atoms with Crippen molar-refractivity contribution in [1.29, 1.82) is 0 Å². The summed E-state index contributed by atoms with van der Waals surface area (Å²) in [7, 11) is 0. The number of unbranched alkanes of at least 4 members (excludes halogenated alkanes) is 5. The summed E-state index contributed by atoms with van der Waals surface area (Å²) in [6.07, 6.45) is 8.76. The van der Waals surface area contributed by atoms with Crippen molar-refractivity contribution in [1.82, 2.24) is 9.97 Å². The smallest absolute Gasteiger partial charge is 0.165 e. The summed E-state index contributed by atoms with van der Waals surface area (Å²) >= 11 is 0. The fourth-order valence-corrected chi connectivity index (χ4v) is 3.88. The van der Waals surface area contributed by atoms with Gasteiger partial charge in [-0.2, -0.15) is 0 Å². The van der Waals surface area contributed by atoms with Crippen molar-refractivity contribution in [3.8, 4) is 34.0 Å². The zero-order valence-electron chi connectivity index (χ0n) is 21.5. The van der Waals surface area contributed by atoms with Gasteiger partial charge >= 0.3 is 0 Å². The molecule has 0 spiro atoms. The molecule has 3 aromatic rings. The summed E-state index contributed by atoms with van der Waals surface area (Å²) in [5.41, 5.74) is 2.76.